The maximum Gasteiger partial charge on any atom is 0.255 e. The van der Waals surface area contributed by atoms with Crippen molar-refractivity contribution >= 4 is 34.8 Å². The predicted molar refractivity (Wildman–Crippen MR) is 139 cm³/mol. The number of carbonyl (C=O) groups is 3. The molecule has 1 amide bonds. The summed E-state index contributed by atoms with van der Waals surface area (Å²) >= 11 is 0. The van der Waals surface area contributed by atoms with E-state index < -0.39 is 57.8 Å². The Morgan fingerprint density at radius 1 is 1.24 bits per heavy atom. The summed E-state index contributed by atoms with van der Waals surface area (Å²) in [6.45, 7) is 4.45. The molecule has 12 heteroatoms. The largest absolute Gasteiger partial charge is 0.511 e. The number of rotatable bonds is 5. The number of nitrogens with two attached hydrogens (primary N) is 1. The van der Waals surface area contributed by atoms with E-state index in [0.29, 0.717) is 17.8 Å². The zero-order valence-electron chi connectivity index (χ0n) is 21.7. The third kappa shape index (κ3) is 4.05. The van der Waals surface area contributed by atoms with Crippen LogP contribution in [0.1, 0.15) is 42.6 Å². The summed E-state index contributed by atoms with van der Waals surface area (Å²) in [6, 6.07) is 1.62. The Morgan fingerprint density at radius 2 is 1.89 bits per heavy atom. The number of allylic oxidation sites excluding steroid dienone is 2. The van der Waals surface area contributed by atoms with E-state index in [-0.39, 0.29) is 48.0 Å². The molecule has 1 aromatic rings. The number of amides is 1. The standard InChI is InChI=1S/C26H33N5O7/c1-10(2)9-29-25(28)30-14-8-15(31(3)4)13-6-11-5-12-7-16(32)19(24(27)37)23(36)26(12,38)22(35)17(11)21(34)18(13)20(14)33/h8,10-12,32-33,35,38H,5-7,9H2,1-4H3,(H2,27,37)(H3,28,29,30)/t11-,12+,26+/m1/s1. The van der Waals surface area contributed by atoms with E-state index in [9.17, 15) is 34.8 Å². The predicted octanol–water partition coefficient (Wildman–Crippen LogP) is 1.24. The fourth-order valence-electron chi connectivity index (χ4n) is 5.65. The zero-order valence-corrected chi connectivity index (χ0v) is 21.7. The van der Waals surface area contributed by atoms with E-state index >= 15 is 0 Å². The molecular weight excluding hydrogens is 494 g/mol. The van der Waals surface area contributed by atoms with E-state index in [0.717, 1.165) is 0 Å². The number of primary amides is 1. The number of guanidine groups is 1. The molecule has 0 fully saturated rings. The molecule has 12 nitrogen and oxygen atoms in total. The van der Waals surface area contributed by atoms with Gasteiger partial charge in [0.05, 0.1) is 11.3 Å². The fraction of sp³-hybridized carbons (Fsp3) is 0.462. The molecular formula is C26H33N5O7. The highest BCUT2D eigenvalue weighted by molar-refractivity contribution is 6.24. The molecule has 204 valence electrons. The maximum atomic E-state index is 13.8. The van der Waals surface area contributed by atoms with Crippen LogP contribution in [-0.2, 0) is 16.0 Å². The van der Waals surface area contributed by atoms with Crippen molar-refractivity contribution in [1.29, 1.82) is 5.41 Å². The highest BCUT2D eigenvalue weighted by atomic mass is 16.3. The minimum absolute atomic E-state index is 0.0559. The number of aliphatic hydroxyl groups excluding tert-OH is 2. The number of Topliss-reactive ketones (excluding diaryl/α,β-unsaturated/α-hetero) is 2. The molecule has 0 spiro atoms. The highest BCUT2D eigenvalue weighted by Crippen LogP contribution is 2.53. The molecule has 0 heterocycles. The Labute approximate surface area is 219 Å². The molecule has 0 radical (unpaired) electrons. The third-order valence-electron chi connectivity index (χ3n) is 7.47. The number of hydrogen-bond acceptors (Lipinski definition) is 9. The molecule has 1 aromatic carbocycles. The minimum Gasteiger partial charge on any atom is -0.511 e. The van der Waals surface area contributed by atoms with Crippen molar-refractivity contribution in [3.8, 4) is 5.75 Å². The number of ketones is 2. The summed E-state index contributed by atoms with van der Waals surface area (Å²) in [6.07, 6.45) is -0.0331. The topological polar surface area (TPSA) is 209 Å². The van der Waals surface area contributed by atoms with Crippen molar-refractivity contribution in [3.05, 3.63) is 39.9 Å². The average Bonchev–Trinajstić information content (AvgIpc) is 2.81. The van der Waals surface area contributed by atoms with Crippen molar-refractivity contribution < 1.29 is 34.8 Å². The van der Waals surface area contributed by atoms with Gasteiger partial charge in [0, 0.05) is 44.2 Å². The molecule has 0 aliphatic heterocycles. The molecule has 9 N–H and O–H groups in total. The highest BCUT2D eigenvalue weighted by Gasteiger charge is 2.59. The van der Waals surface area contributed by atoms with Crippen LogP contribution in [0.4, 0.5) is 11.4 Å². The van der Waals surface area contributed by atoms with Gasteiger partial charge in [-0.15, -0.1) is 0 Å². The second-order valence-corrected chi connectivity index (χ2v) is 10.7. The van der Waals surface area contributed by atoms with Crippen molar-refractivity contribution in [2.45, 2.75) is 38.7 Å². The maximum absolute atomic E-state index is 13.8. The number of carbonyl (C=O) groups excluding carboxylic acids is 3. The van der Waals surface area contributed by atoms with Gasteiger partial charge in [0.15, 0.2) is 23.1 Å². The number of aromatic hydroxyl groups is 1. The number of benzene rings is 1. The van der Waals surface area contributed by atoms with E-state index in [4.69, 9.17) is 11.1 Å². The van der Waals surface area contributed by atoms with Crippen molar-refractivity contribution in [2.24, 2.45) is 23.5 Å². The Balaban J connectivity index is 1.84. The van der Waals surface area contributed by atoms with Crippen molar-refractivity contribution in [2.75, 3.05) is 30.9 Å². The lowest BCUT2D eigenvalue weighted by Gasteiger charge is -2.46. The molecule has 0 saturated heterocycles. The smallest absolute Gasteiger partial charge is 0.255 e. The van der Waals surface area contributed by atoms with Crippen molar-refractivity contribution in [3.63, 3.8) is 0 Å². The van der Waals surface area contributed by atoms with Crippen LogP contribution in [0.2, 0.25) is 0 Å². The van der Waals surface area contributed by atoms with Crippen LogP contribution in [0.3, 0.4) is 0 Å². The first kappa shape index (κ1) is 27.0. The van der Waals surface area contributed by atoms with Gasteiger partial charge in [0.1, 0.15) is 17.1 Å². The van der Waals surface area contributed by atoms with Gasteiger partial charge in [0.25, 0.3) is 5.91 Å². The molecule has 0 saturated carbocycles. The first-order chi connectivity index (χ1) is 17.7. The Bertz CT molecular complexity index is 1330. The summed E-state index contributed by atoms with van der Waals surface area (Å²) in [7, 11) is 3.53. The summed E-state index contributed by atoms with van der Waals surface area (Å²) in [4.78, 5) is 40.5. The van der Waals surface area contributed by atoms with Gasteiger partial charge in [-0.1, -0.05) is 13.8 Å². The van der Waals surface area contributed by atoms with Gasteiger partial charge >= 0.3 is 0 Å². The minimum atomic E-state index is -2.62. The van der Waals surface area contributed by atoms with E-state index in [1.807, 2.05) is 13.8 Å². The number of phenolic OH excluding ortho intramolecular Hbond substituents is 1. The molecule has 3 aliphatic rings. The van der Waals surface area contributed by atoms with Crippen LogP contribution in [0.25, 0.3) is 0 Å². The van der Waals surface area contributed by atoms with Gasteiger partial charge in [-0.05, 0) is 36.3 Å². The van der Waals surface area contributed by atoms with Gasteiger partial charge in [0.2, 0.25) is 5.78 Å². The second kappa shape index (κ2) is 9.35. The van der Waals surface area contributed by atoms with Crippen LogP contribution >= 0.6 is 0 Å². The van der Waals surface area contributed by atoms with Crippen LogP contribution in [0.15, 0.2) is 28.7 Å². The quantitative estimate of drug-likeness (QED) is 0.119. The normalized spacial score (nSPS) is 24.6. The first-order valence-corrected chi connectivity index (χ1v) is 12.3. The van der Waals surface area contributed by atoms with Crippen LogP contribution in [0.5, 0.6) is 5.75 Å². The second-order valence-electron chi connectivity index (χ2n) is 10.7. The molecule has 0 unspecified atom stereocenters. The SMILES string of the molecule is CC(C)CNC(=N)Nc1cc(N(C)C)c2c(c1O)C(=O)C1=C(O)[C@]3(O)C(=O)C(C(N)=O)=C(O)C[C@@H]3C[C@@H]1C2. The monoisotopic (exact) mass is 527 g/mol. The molecule has 3 aliphatic carbocycles. The average molecular weight is 528 g/mol. The lowest BCUT2D eigenvalue weighted by molar-refractivity contribution is -0.144. The zero-order chi connectivity index (χ0) is 28.3. The number of nitrogens with one attached hydrogen (secondary N) is 3. The molecule has 3 atom stereocenters. The Hall–Kier alpha value is -4.06. The van der Waals surface area contributed by atoms with Crippen molar-refractivity contribution in [1.82, 2.24) is 5.32 Å². The number of fused-ring (bicyclic) bond motifs is 3. The number of phenols is 1. The van der Waals surface area contributed by atoms with Crippen LogP contribution in [-0.4, -0.2) is 70.1 Å². The summed E-state index contributed by atoms with van der Waals surface area (Å²) in [5.41, 5.74) is 2.65. The fourth-order valence-corrected chi connectivity index (χ4v) is 5.65. The van der Waals surface area contributed by atoms with Crippen LogP contribution < -0.4 is 21.3 Å². The number of anilines is 2. The summed E-state index contributed by atoms with van der Waals surface area (Å²) in [5, 5.41) is 57.8. The number of nitrogens with zero attached hydrogens (tertiary/aromatic N) is 1. The van der Waals surface area contributed by atoms with E-state index in [2.05, 4.69) is 10.6 Å². The van der Waals surface area contributed by atoms with Gasteiger partial charge < -0.3 is 41.7 Å². The van der Waals surface area contributed by atoms with Gasteiger partial charge in [-0.2, -0.15) is 0 Å². The van der Waals surface area contributed by atoms with Crippen LogP contribution in [0, 0.1) is 23.2 Å². The lowest BCUT2D eigenvalue weighted by Crippen LogP contribution is -2.57. The molecule has 4 rings (SSSR count). The summed E-state index contributed by atoms with van der Waals surface area (Å²) < 4.78 is 0. The number of aliphatic hydroxyl groups is 3. The summed E-state index contributed by atoms with van der Waals surface area (Å²) in [5.74, 6) is -6.65. The molecule has 0 aromatic heterocycles. The van der Waals surface area contributed by atoms with Gasteiger partial charge in [-0.3, -0.25) is 19.8 Å². The molecule has 0 bridgehead atoms. The Morgan fingerprint density at radius 3 is 2.47 bits per heavy atom. The van der Waals surface area contributed by atoms with E-state index in [1.165, 1.54) is 0 Å². The van der Waals surface area contributed by atoms with Gasteiger partial charge in [-0.25, -0.2) is 0 Å². The molecule has 38 heavy (non-hydrogen) atoms. The number of hydrogen-bond donors (Lipinski definition) is 8. The lowest BCUT2D eigenvalue weighted by atomic mass is 9.60. The van der Waals surface area contributed by atoms with E-state index in [1.54, 1.807) is 25.1 Å². The first-order valence-electron chi connectivity index (χ1n) is 12.3. The third-order valence-corrected chi connectivity index (χ3v) is 7.47. The Kier molecular flexibility index (Phi) is 6.64.